The average molecular weight is 522 g/mol. The Morgan fingerprint density at radius 3 is 1.59 bits per heavy atom. The molecular weight excluding hydrogens is 491 g/mol. The van der Waals surface area contributed by atoms with E-state index in [4.69, 9.17) is 9.47 Å². The molecule has 2 rings (SSSR count). The normalized spacial score (nSPS) is 11.4. The van der Waals surface area contributed by atoms with E-state index in [0.717, 1.165) is 17.8 Å². The molecule has 8 nitrogen and oxygen atoms in total. The molecule has 2 aromatic rings. The number of hydrogen-bond acceptors (Lipinski definition) is 8. The molecule has 0 radical (unpaired) electrons. The van der Waals surface area contributed by atoms with E-state index in [0.29, 0.717) is 44.5 Å². The Bertz CT molecular complexity index is 1030. The number of benzene rings is 2. The molecule has 0 fully saturated rings. The van der Waals surface area contributed by atoms with E-state index in [1.54, 1.807) is 24.3 Å². The van der Waals surface area contributed by atoms with Gasteiger partial charge in [0.2, 0.25) is 0 Å². The van der Waals surface area contributed by atoms with Crippen LogP contribution in [0.15, 0.2) is 58.8 Å². The van der Waals surface area contributed by atoms with E-state index >= 15 is 0 Å². The second-order valence-electron chi connectivity index (χ2n) is 8.02. The quantitative estimate of drug-likeness (QED) is 0.163. The van der Waals surface area contributed by atoms with E-state index in [9.17, 15) is 27.6 Å². The summed E-state index contributed by atoms with van der Waals surface area (Å²) in [5.74, 6) is -2.47. The van der Waals surface area contributed by atoms with Crippen LogP contribution in [0.2, 0.25) is 0 Å². The summed E-state index contributed by atoms with van der Waals surface area (Å²) in [5.41, 5.74) is 1.08. The fourth-order valence-electron chi connectivity index (χ4n) is 3.15. The number of ether oxygens (including phenoxy) is 2. The highest BCUT2D eigenvalue weighted by atomic mass is 19.4. The molecule has 0 spiro atoms. The lowest BCUT2D eigenvalue weighted by Crippen LogP contribution is -2.32. The zero-order valence-corrected chi connectivity index (χ0v) is 20.8. The van der Waals surface area contributed by atoms with Gasteiger partial charge in [0, 0.05) is 24.1 Å². The number of halogens is 3. The lowest BCUT2D eigenvalue weighted by Gasteiger charge is -2.24. The SMILES string of the molecule is CCCC(=O)OCCN(CCOC(=O)CCC)c1ccc(N=Nc2ccc(C(=O)C(F)(F)F)cc2)cc1. The summed E-state index contributed by atoms with van der Waals surface area (Å²) in [6.07, 6.45) is -2.86. The molecule has 0 aromatic heterocycles. The number of rotatable bonds is 14. The zero-order valence-electron chi connectivity index (χ0n) is 20.8. The highest BCUT2D eigenvalue weighted by Crippen LogP contribution is 2.25. The predicted octanol–water partition coefficient (Wildman–Crippen LogP) is 6.34. The van der Waals surface area contributed by atoms with Gasteiger partial charge in [-0.05, 0) is 61.4 Å². The maximum absolute atomic E-state index is 12.5. The van der Waals surface area contributed by atoms with Gasteiger partial charge < -0.3 is 14.4 Å². The third kappa shape index (κ3) is 10.4. The number of hydrogen-bond donors (Lipinski definition) is 0. The van der Waals surface area contributed by atoms with Crippen LogP contribution in [-0.4, -0.2) is 50.2 Å². The van der Waals surface area contributed by atoms with Crippen molar-refractivity contribution in [1.82, 2.24) is 0 Å². The smallest absolute Gasteiger partial charge is 0.454 e. The molecule has 11 heteroatoms. The second kappa shape index (κ2) is 14.7. The van der Waals surface area contributed by atoms with Gasteiger partial charge in [-0.2, -0.15) is 23.4 Å². The van der Waals surface area contributed by atoms with Crippen molar-refractivity contribution in [2.45, 2.75) is 45.7 Å². The minimum atomic E-state index is -4.94. The van der Waals surface area contributed by atoms with E-state index in [1.807, 2.05) is 18.7 Å². The maximum atomic E-state index is 12.5. The molecule has 0 saturated carbocycles. The molecule has 37 heavy (non-hydrogen) atoms. The fourth-order valence-corrected chi connectivity index (χ4v) is 3.15. The van der Waals surface area contributed by atoms with E-state index in [1.165, 1.54) is 12.1 Å². The van der Waals surface area contributed by atoms with Crippen LogP contribution in [0, 0.1) is 0 Å². The number of Topliss-reactive ketones (excluding diaryl/α,β-unsaturated/α-hetero) is 1. The van der Waals surface area contributed by atoms with E-state index in [-0.39, 0.29) is 30.8 Å². The highest BCUT2D eigenvalue weighted by molar-refractivity contribution is 6.00. The summed E-state index contributed by atoms with van der Waals surface area (Å²) in [4.78, 5) is 36.5. The van der Waals surface area contributed by atoms with Gasteiger partial charge in [0.05, 0.1) is 24.5 Å². The van der Waals surface area contributed by atoms with Gasteiger partial charge in [-0.3, -0.25) is 14.4 Å². The monoisotopic (exact) mass is 521 g/mol. The average Bonchev–Trinajstić information content (AvgIpc) is 2.86. The van der Waals surface area contributed by atoms with E-state index in [2.05, 4.69) is 10.2 Å². The maximum Gasteiger partial charge on any atom is 0.454 e. The Hall–Kier alpha value is -3.76. The Morgan fingerprint density at radius 2 is 1.19 bits per heavy atom. The molecule has 0 unspecified atom stereocenters. The first kappa shape index (κ1) is 29.5. The van der Waals surface area contributed by atoms with Gasteiger partial charge in [0.1, 0.15) is 13.2 Å². The van der Waals surface area contributed by atoms with Gasteiger partial charge in [-0.1, -0.05) is 13.8 Å². The van der Waals surface area contributed by atoms with Crippen molar-refractivity contribution in [2.75, 3.05) is 31.2 Å². The minimum Gasteiger partial charge on any atom is -0.464 e. The van der Waals surface area contributed by atoms with Crippen molar-refractivity contribution in [3.8, 4) is 0 Å². The number of alkyl halides is 3. The number of anilines is 1. The Morgan fingerprint density at radius 1 is 0.757 bits per heavy atom. The third-order valence-corrected chi connectivity index (χ3v) is 5.04. The van der Waals surface area contributed by atoms with Crippen molar-refractivity contribution in [2.24, 2.45) is 10.2 Å². The Kier molecular flexibility index (Phi) is 11.7. The van der Waals surface area contributed by atoms with Crippen LogP contribution in [0.5, 0.6) is 0 Å². The molecule has 200 valence electrons. The highest BCUT2D eigenvalue weighted by Gasteiger charge is 2.39. The fraction of sp³-hybridized carbons (Fsp3) is 0.423. The largest absolute Gasteiger partial charge is 0.464 e. The number of esters is 2. The second-order valence-corrected chi connectivity index (χ2v) is 8.02. The molecule has 0 aliphatic heterocycles. The zero-order chi connectivity index (χ0) is 27.3. The molecule has 0 aliphatic carbocycles. The van der Waals surface area contributed by atoms with Crippen molar-refractivity contribution in [3.63, 3.8) is 0 Å². The van der Waals surface area contributed by atoms with Gasteiger partial charge in [-0.15, -0.1) is 0 Å². The van der Waals surface area contributed by atoms with Crippen LogP contribution < -0.4 is 4.90 Å². The summed E-state index contributed by atoms with van der Waals surface area (Å²) < 4.78 is 48.1. The summed E-state index contributed by atoms with van der Waals surface area (Å²) in [7, 11) is 0. The molecule has 0 atom stereocenters. The standard InChI is InChI=1S/C26H30F3N3O5/c1-3-5-23(33)36-17-15-32(16-18-37-24(34)6-4-2)22-13-11-21(12-14-22)31-30-20-9-7-19(8-10-20)25(35)26(27,28)29/h7-14H,3-6,15-18H2,1-2H3. The molecule has 0 bridgehead atoms. The van der Waals surface area contributed by atoms with Crippen LogP contribution in [0.1, 0.15) is 49.9 Å². The number of ketones is 1. The third-order valence-electron chi connectivity index (χ3n) is 5.04. The Balaban J connectivity index is 2.03. The molecule has 0 heterocycles. The minimum absolute atomic E-state index is 0.177. The Labute approximate surface area is 213 Å². The van der Waals surface area contributed by atoms with Crippen molar-refractivity contribution >= 4 is 34.8 Å². The van der Waals surface area contributed by atoms with Crippen molar-refractivity contribution < 1.29 is 37.0 Å². The van der Waals surface area contributed by atoms with Gasteiger partial charge in [0.15, 0.2) is 0 Å². The summed E-state index contributed by atoms with van der Waals surface area (Å²) in [5, 5.41) is 8.06. The lowest BCUT2D eigenvalue weighted by molar-refractivity contribution is -0.143. The number of nitrogens with zero attached hydrogens (tertiary/aromatic N) is 3. The number of azo groups is 1. The van der Waals surface area contributed by atoms with Gasteiger partial charge in [-0.25, -0.2) is 0 Å². The van der Waals surface area contributed by atoms with Gasteiger partial charge in [0.25, 0.3) is 5.78 Å². The van der Waals surface area contributed by atoms with Crippen LogP contribution in [0.4, 0.5) is 30.2 Å². The van der Waals surface area contributed by atoms with E-state index < -0.39 is 17.5 Å². The molecule has 0 saturated heterocycles. The van der Waals surface area contributed by atoms with Crippen LogP contribution in [0.25, 0.3) is 0 Å². The predicted molar refractivity (Wildman–Crippen MR) is 131 cm³/mol. The first-order valence-corrected chi connectivity index (χ1v) is 11.9. The van der Waals surface area contributed by atoms with Crippen LogP contribution >= 0.6 is 0 Å². The van der Waals surface area contributed by atoms with Crippen LogP contribution in [-0.2, 0) is 19.1 Å². The number of carbonyl (C=O) groups excluding carboxylic acids is 3. The topological polar surface area (TPSA) is 97.6 Å². The molecule has 0 amide bonds. The molecule has 0 aliphatic rings. The van der Waals surface area contributed by atoms with Gasteiger partial charge >= 0.3 is 18.1 Å². The van der Waals surface area contributed by atoms with Crippen LogP contribution in [0.3, 0.4) is 0 Å². The summed E-state index contributed by atoms with van der Waals surface area (Å²) in [6.45, 7) is 4.92. The first-order valence-electron chi connectivity index (χ1n) is 11.9. The summed E-state index contributed by atoms with van der Waals surface area (Å²) >= 11 is 0. The van der Waals surface area contributed by atoms with Crippen molar-refractivity contribution in [1.29, 1.82) is 0 Å². The lowest BCUT2D eigenvalue weighted by atomic mass is 10.1. The molecule has 0 N–H and O–H groups in total. The molecule has 2 aromatic carbocycles. The van der Waals surface area contributed by atoms with Crippen molar-refractivity contribution in [3.05, 3.63) is 54.1 Å². The summed E-state index contributed by atoms with van der Waals surface area (Å²) in [6, 6.07) is 11.6. The molecular formula is C26H30F3N3O5. The number of carbonyl (C=O) groups is 3. The first-order chi connectivity index (χ1) is 17.6.